The van der Waals surface area contributed by atoms with Gasteiger partial charge in [0.25, 0.3) is 5.91 Å². The standard InChI is InChI=1S/C13H21N5O3/c1-4-9-6-11(19)16-13(14-9)18-10(5-8(2)17-18)15-12(20)7-21-3/h5,9,13-14H,4,6-7H2,1-3H3,(H,15,20)(H,16,19). The first-order valence-corrected chi connectivity index (χ1v) is 6.93. The second-order valence-corrected chi connectivity index (χ2v) is 5.04. The van der Waals surface area contributed by atoms with E-state index in [9.17, 15) is 9.59 Å². The fourth-order valence-electron chi connectivity index (χ4n) is 2.27. The molecule has 0 radical (unpaired) electrons. The molecular weight excluding hydrogens is 274 g/mol. The Kier molecular flexibility index (Phi) is 4.92. The summed E-state index contributed by atoms with van der Waals surface area (Å²) < 4.78 is 6.36. The van der Waals surface area contributed by atoms with Gasteiger partial charge < -0.3 is 15.4 Å². The summed E-state index contributed by atoms with van der Waals surface area (Å²) in [5.41, 5.74) is 0.748. The summed E-state index contributed by atoms with van der Waals surface area (Å²) in [7, 11) is 1.46. The third kappa shape index (κ3) is 3.79. The summed E-state index contributed by atoms with van der Waals surface area (Å²) in [6, 6.07) is 1.84. The van der Waals surface area contributed by atoms with E-state index in [4.69, 9.17) is 4.74 Å². The highest BCUT2D eigenvalue weighted by Gasteiger charge is 2.27. The lowest BCUT2D eigenvalue weighted by Crippen LogP contribution is -2.53. The number of nitrogens with zero attached hydrogens (tertiary/aromatic N) is 2. The van der Waals surface area contributed by atoms with Crippen molar-refractivity contribution in [2.45, 2.75) is 39.0 Å². The second-order valence-electron chi connectivity index (χ2n) is 5.04. The molecule has 0 aliphatic carbocycles. The van der Waals surface area contributed by atoms with Crippen molar-refractivity contribution in [3.63, 3.8) is 0 Å². The molecule has 21 heavy (non-hydrogen) atoms. The average molecular weight is 295 g/mol. The van der Waals surface area contributed by atoms with E-state index in [1.807, 2.05) is 13.8 Å². The molecule has 0 bridgehead atoms. The van der Waals surface area contributed by atoms with Crippen molar-refractivity contribution < 1.29 is 14.3 Å². The molecule has 2 heterocycles. The molecule has 0 aromatic carbocycles. The number of aryl methyl sites for hydroxylation is 1. The third-order valence-electron chi connectivity index (χ3n) is 3.26. The number of hydrogen-bond donors (Lipinski definition) is 3. The fraction of sp³-hybridized carbons (Fsp3) is 0.615. The lowest BCUT2D eigenvalue weighted by molar-refractivity contribution is -0.125. The molecule has 8 nitrogen and oxygen atoms in total. The Hall–Kier alpha value is -1.93. The van der Waals surface area contributed by atoms with Crippen LogP contribution >= 0.6 is 0 Å². The molecule has 116 valence electrons. The van der Waals surface area contributed by atoms with Crippen LogP contribution in [0, 0.1) is 6.92 Å². The zero-order valence-electron chi connectivity index (χ0n) is 12.5. The van der Waals surface area contributed by atoms with Crippen LogP contribution in [-0.2, 0) is 14.3 Å². The molecule has 0 spiro atoms. The van der Waals surface area contributed by atoms with Gasteiger partial charge in [0.2, 0.25) is 5.91 Å². The van der Waals surface area contributed by atoms with Crippen molar-refractivity contribution in [1.29, 1.82) is 0 Å². The zero-order chi connectivity index (χ0) is 15.4. The van der Waals surface area contributed by atoms with Crippen molar-refractivity contribution in [3.05, 3.63) is 11.8 Å². The number of hydrogen-bond acceptors (Lipinski definition) is 5. The smallest absolute Gasteiger partial charge is 0.251 e. The van der Waals surface area contributed by atoms with Crippen LogP contribution in [0.15, 0.2) is 6.07 Å². The number of anilines is 1. The summed E-state index contributed by atoms with van der Waals surface area (Å²) >= 11 is 0. The molecule has 1 saturated heterocycles. The minimum Gasteiger partial charge on any atom is -0.375 e. The Labute approximate surface area is 123 Å². The normalized spacial score (nSPS) is 22.0. The number of aromatic nitrogens is 2. The van der Waals surface area contributed by atoms with E-state index in [0.717, 1.165) is 12.1 Å². The van der Waals surface area contributed by atoms with Crippen molar-refractivity contribution in [2.24, 2.45) is 0 Å². The summed E-state index contributed by atoms with van der Waals surface area (Å²) in [6.45, 7) is 3.81. The van der Waals surface area contributed by atoms with Crippen LogP contribution < -0.4 is 16.0 Å². The molecule has 2 unspecified atom stereocenters. The van der Waals surface area contributed by atoms with Crippen LogP contribution in [-0.4, -0.2) is 41.4 Å². The van der Waals surface area contributed by atoms with Gasteiger partial charge in [-0.15, -0.1) is 0 Å². The predicted octanol–water partition coefficient (Wildman–Crippen LogP) is 0.121. The van der Waals surface area contributed by atoms with Crippen molar-refractivity contribution in [1.82, 2.24) is 20.4 Å². The third-order valence-corrected chi connectivity index (χ3v) is 3.26. The predicted molar refractivity (Wildman–Crippen MR) is 76.5 cm³/mol. The van der Waals surface area contributed by atoms with Gasteiger partial charge >= 0.3 is 0 Å². The number of carbonyl (C=O) groups is 2. The van der Waals surface area contributed by atoms with Gasteiger partial charge in [0, 0.05) is 25.6 Å². The van der Waals surface area contributed by atoms with Gasteiger partial charge in [0.05, 0.1) is 5.69 Å². The molecule has 2 amide bonds. The number of ether oxygens (including phenoxy) is 1. The molecule has 8 heteroatoms. The van der Waals surface area contributed by atoms with Gasteiger partial charge in [-0.1, -0.05) is 6.92 Å². The maximum absolute atomic E-state index is 11.8. The highest BCUT2D eigenvalue weighted by Crippen LogP contribution is 2.18. The van der Waals surface area contributed by atoms with E-state index in [0.29, 0.717) is 12.2 Å². The molecule has 2 rings (SSSR count). The molecule has 2 atom stereocenters. The largest absolute Gasteiger partial charge is 0.375 e. The van der Waals surface area contributed by atoms with Crippen molar-refractivity contribution >= 4 is 17.6 Å². The van der Waals surface area contributed by atoms with Gasteiger partial charge in [-0.05, 0) is 13.3 Å². The maximum Gasteiger partial charge on any atom is 0.251 e. The van der Waals surface area contributed by atoms with Crippen LogP contribution in [0.3, 0.4) is 0 Å². The molecule has 0 saturated carbocycles. The van der Waals surface area contributed by atoms with Gasteiger partial charge in [-0.25, -0.2) is 4.68 Å². The molecular formula is C13H21N5O3. The SMILES string of the molecule is CCC1CC(=O)NC(n2nc(C)cc2NC(=O)COC)N1. The Morgan fingerprint density at radius 2 is 2.38 bits per heavy atom. The topological polar surface area (TPSA) is 97.3 Å². The molecule has 1 fully saturated rings. The number of nitrogens with one attached hydrogen (secondary N) is 3. The van der Waals surface area contributed by atoms with E-state index in [1.54, 1.807) is 10.7 Å². The van der Waals surface area contributed by atoms with Crippen LogP contribution in [0.5, 0.6) is 0 Å². The van der Waals surface area contributed by atoms with E-state index >= 15 is 0 Å². The fourth-order valence-corrected chi connectivity index (χ4v) is 2.27. The zero-order valence-corrected chi connectivity index (χ0v) is 12.5. The Morgan fingerprint density at radius 3 is 3.05 bits per heavy atom. The van der Waals surface area contributed by atoms with Crippen molar-refractivity contribution in [2.75, 3.05) is 19.0 Å². The van der Waals surface area contributed by atoms with Crippen LogP contribution in [0.2, 0.25) is 0 Å². The molecule has 1 aliphatic heterocycles. The lowest BCUT2D eigenvalue weighted by Gasteiger charge is -2.31. The van der Waals surface area contributed by atoms with Crippen LogP contribution in [0.25, 0.3) is 0 Å². The average Bonchev–Trinajstić information content (AvgIpc) is 2.79. The maximum atomic E-state index is 11.8. The summed E-state index contributed by atoms with van der Waals surface area (Å²) in [4.78, 5) is 23.4. The highest BCUT2D eigenvalue weighted by atomic mass is 16.5. The summed E-state index contributed by atoms with van der Waals surface area (Å²) in [6.07, 6.45) is 0.816. The first-order valence-electron chi connectivity index (χ1n) is 6.93. The van der Waals surface area contributed by atoms with Gasteiger partial charge in [0.1, 0.15) is 12.4 Å². The number of amides is 2. The Bertz CT molecular complexity index is 528. The highest BCUT2D eigenvalue weighted by molar-refractivity contribution is 5.91. The quantitative estimate of drug-likeness (QED) is 0.717. The summed E-state index contributed by atoms with van der Waals surface area (Å²) in [5, 5.41) is 13.2. The number of methoxy groups -OCH3 is 1. The van der Waals surface area contributed by atoms with Gasteiger partial charge in [-0.2, -0.15) is 5.10 Å². The number of carbonyl (C=O) groups excluding carboxylic acids is 2. The van der Waals surface area contributed by atoms with E-state index in [1.165, 1.54) is 7.11 Å². The van der Waals surface area contributed by atoms with Gasteiger partial charge in [0.15, 0.2) is 6.29 Å². The van der Waals surface area contributed by atoms with Crippen molar-refractivity contribution in [3.8, 4) is 0 Å². The molecule has 1 aliphatic rings. The molecule has 3 N–H and O–H groups in total. The minimum atomic E-state index is -0.470. The van der Waals surface area contributed by atoms with Crippen LogP contribution in [0.1, 0.15) is 31.7 Å². The summed E-state index contributed by atoms with van der Waals surface area (Å²) in [5.74, 6) is 0.213. The first kappa shape index (κ1) is 15.5. The first-order chi connectivity index (χ1) is 10.0. The Balaban J connectivity index is 2.18. The Morgan fingerprint density at radius 1 is 1.62 bits per heavy atom. The lowest BCUT2D eigenvalue weighted by atomic mass is 10.1. The van der Waals surface area contributed by atoms with Crippen LogP contribution in [0.4, 0.5) is 5.82 Å². The van der Waals surface area contributed by atoms with E-state index < -0.39 is 6.29 Å². The molecule has 1 aromatic heterocycles. The van der Waals surface area contributed by atoms with E-state index in [-0.39, 0.29) is 24.5 Å². The van der Waals surface area contributed by atoms with E-state index in [2.05, 4.69) is 21.0 Å². The molecule has 1 aromatic rings. The monoisotopic (exact) mass is 295 g/mol. The van der Waals surface area contributed by atoms with Gasteiger partial charge in [-0.3, -0.25) is 14.9 Å². The number of rotatable bonds is 5. The second kappa shape index (κ2) is 6.68. The minimum absolute atomic E-state index is 0.0343.